The molecule has 0 amide bonds. The van der Waals surface area contributed by atoms with Crippen LogP contribution in [0.1, 0.15) is 127 Å². The zero-order chi connectivity index (χ0) is 40.4. The normalized spacial score (nSPS) is 22.5. The van der Waals surface area contributed by atoms with E-state index in [0.717, 1.165) is 36.0 Å². The Morgan fingerprint density at radius 1 is 0.630 bits per heavy atom. The van der Waals surface area contributed by atoms with Crippen LogP contribution in [0, 0.1) is 0 Å². The van der Waals surface area contributed by atoms with Gasteiger partial charge in [0.15, 0.2) is 6.29 Å². The first-order valence-electron chi connectivity index (χ1n) is 19.9. The van der Waals surface area contributed by atoms with Gasteiger partial charge in [0, 0.05) is 6.42 Å². The molecule has 0 aromatic carbocycles. The Labute approximate surface area is 328 Å². The minimum Gasteiger partial charge on any atom is -0.463 e. The van der Waals surface area contributed by atoms with Crippen molar-refractivity contribution in [1.82, 2.24) is 0 Å². The molecule has 0 spiro atoms. The molecule has 1 rings (SSSR count). The lowest BCUT2D eigenvalue weighted by atomic mass is 9.98. The van der Waals surface area contributed by atoms with Gasteiger partial charge in [-0.3, -0.25) is 4.79 Å². The Morgan fingerprint density at radius 3 is 1.65 bits per heavy atom. The maximum atomic E-state index is 12.3. The van der Waals surface area contributed by atoms with Gasteiger partial charge in [-0.15, -0.1) is 0 Å². The molecule has 302 valence electrons. The van der Waals surface area contributed by atoms with Crippen LogP contribution in [0.4, 0.5) is 0 Å². The van der Waals surface area contributed by atoms with E-state index < -0.39 is 36.3 Å². The number of hydrogen-bond acceptors (Lipinski definition) is 7. The molecule has 1 aliphatic rings. The van der Waals surface area contributed by atoms with E-state index in [2.05, 4.69) is 90.2 Å². The Balaban J connectivity index is 2.58. The van der Waals surface area contributed by atoms with Crippen molar-refractivity contribution in [3.05, 3.63) is 119 Å². The monoisotopic (exact) mass is 749 g/mol. The van der Waals surface area contributed by atoms with Crippen LogP contribution in [0.2, 0.25) is 0 Å². The minimum absolute atomic E-state index is 0.231. The number of aliphatic hydroxyl groups excluding tert-OH is 3. The van der Waals surface area contributed by atoms with E-state index in [1.165, 1.54) is 43.3 Å². The van der Waals surface area contributed by atoms with Crippen molar-refractivity contribution in [2.75, 3.05) is 6.61 Å². The van der Waals surface area contributed by atoms with Gasteiger partial charge in [-0.2, -0.15) is 0 Å². The van der Waals surface area contributed by atoms with Crippen molar-refractivity contribution in [2.45, 2.75) is 163 Å². The van der Waals surface area contributed by atoms with Gasteiger partial charge in [-0.1, -0.05) is 171 Å². The molecule has 7 heteroatoms. The third-order valence-corrected chi connectivity index (χ3v) is 8.79. The summed E-state index contributed by atoms with van der Waals surface area (Å²) in [5, 5.41) is 31.6. The van der Waals surface area contributed by atoms with Gasteiger partial charge >= 0.3 is 5.97 Å². The van der Waals surface area contributed by atoms with Gasteiger partial charge < -0.3 is 29.5 Å². The molecule has 5 atom stereocenters. The van der Waals surface area contributed by atoms with E-state index in [1.807, 2.05) is 63.3 Å². The lowest BCUT2D eigenvalue weighted by Crippen LogP contribution is -2.60. The summed E-state index contributed by atoms with van der Waals surface area (Å²) in [5.41, 5.74) is 5.03. The molecule has 0 saturated carbocycles. The second-order valence-corrected chi connectivity index (χ2v) is 15.3. The topological polar surface area (TPSA) is 105 Å². The molecule has 1 heterocycles. The molecule has 54 heavy (non-hydrogen) atoms. The highest BCUT2D eigenvalue weighted by Gasteiger charge is 2.46. The molecule has 0 aromatic rings. The average Bonchev–Trinajstić information content (AvgIpc) is 3.10. The molecular weight excluding hydrogens is 677 g/mol. The third kappa shape index (κ3) is 23.5. The number of allylic oxidation sites excluding steroid dienone is 19. The van der Waals surface area contributed by atoms with Gasteiger partial charge in [0.05, 0.1) is 5.60 Å². The van der Waals surface area contributed by atoms with Crippen LogP contribution < -0.4 is 0 Å². The van der Waals surface area contributed by atoms with Gasteiger partial charge in [-0.05, 0) is 68.2 Å². The number of aliphatic hydroxyl groups is 3. The molecule has 1 fully saturated rings. The predicted molar refractivity (Wildman–Crippen MR) is 225 cm³/mol. The van der Waals surface area contributed by atoms with Gasteiger partial charge in [-0.25, -0.2) is 0 Å². The maximum absolute atomic E-state index is 12.3. The first kappa shape index (κ1) is 48.7. The van der Waals surface area contributed by atoms with Gasteiger partial charge in [0.25, 0.3) is 0 Å². The molecule has 0 unspecified atom stereocenters. The maximum Gasteiger partial charge on any atom is 0.305 e. The van der Waals surface area contributed by atoms with Crippen molar-refractivity contribution >= 4 is 5.97 Å². The minimum atomic E-state index is -1.50. The lowest BCUT2D eigenvalue weighted by Gasteiger charge is -2.42. The summed E-state index contributed by atoms with van der Waals surface area (Å²) in [6, 6.07) is 0. The molecule has 0 aromatic heterocycles. The zero-order valence-electron chi connectivity index (χ0n) is 34.8. The number of carbonyl (C=O) groups is 1. The summed E-state index contributed by atoms with van der Waals surface area (Å²) in [6.07, 6.45) is 34.0. The number of ether oxygens (including phenoxy) is 3. The van der Waals surface area contributed by atoms with Crippen LogP contribution in [0.5, 0.6) is 0 Å². The van der Waals surface area contributed by atoms with Crippen molar-refractivity contribution in [1.29, 1.82) is 0 Å². The van der Waals surface area contributed by atoms with Crippen molar-refractivity contribution in [3.8, 4) is 0 Å². The van der Waals surface area contributed by atoms with Gasteiger partial charge in [0.2, 0.25) is 0 Å². The predicted octanol–water partition coefficient (Wildman–Crippen LogP) is 10.6. The van der Waals surface area contributed by atoms with Crippen molar-refractivity contribution < 1.29 is 34.3 Å². The van der Waals surface area contributed by atoms with Crippen LogP contribution in [0.25, 0.3) is 0 Å². The summed E-state index contributed by atoms with van der Waals surface area (Å²) < 4.78 is 17.3. The van der Waals surface area contributed by atoms with E-state index in [0.29, 0.717) is 12.8 Å². The summed E-state index contributed by atoms with van der Waals surface area (Å²) in [7, 11) is 0. The van der Waals surface area contributed by atoms with Crippen molar-refractivity contribution in [3.63, 3.8) is 0 Å². The second kappa shape index (κ2) is 28.1. The largest absolute Gasteiger partial charge is 0.463 e. The molecular formula is C47H72O7. The third-order valence-electron chi connectivity index (χ3n) is 8.79. The van der Waals surface area contributed by atoms with Crippen LogP contribution in [-0.2, 0) is 19.0 Å². The van der Waals surface area contributed by atoms with E-state index in [9.17, 15) is 20.1 Å². The summed E-state index contributed by atoms with van der Waals surface area (Å²) >= 11 is 0. The number of hydrogen-bond donors (Lipinski definition) is 3. The average molecular weight is 749 g/mol. The second-order valence-electron chi connectivity index (χ2n) is 15.3. The van der Waals surface area contributed by atoms with Crippen LogP contribution >= 0.6 is 0 Å². The number of esters is 1. The Bertz CT molecular complexity index is 1390. The van der Waals surface area contributed by atoms with Gasteiger partial charge in [0.1, 0.15) is 31.0 Å². The quantitative estimate of drug-likeness (QED) is 0.0513. The zero-order valence-corrected chi connectivity index (χ0v) is 34.8. The van der Waals surface area contributed by atoms with E-state index in [1.54, 1.807) is 0 Å². The Hall–Kier alpha value is -3.33. The van der Waals surface area contributed by atoms with E-state index in [-0.39, 0.29) is 12.6 Å². The Kier molecular flexibility index (Phi) is 25.4. The number of carbonyl (C=O) groups excluding carboxylic acids is 1. The van der Waals surface area contributed by atoms with Crippen LogP contribution in [-0.4, -0.2) is 64.2 Å². The highest BCUT2D eigenvalue weighted by molar-refractivity contribution is 5.69. The fourth-order valence-corrected chi connectivity index (χ4v) is 5.43. The first-order chi connectivity index (χ1) is 25.6. The smallest absolute Gasteiger partial charge is 0.305 e. The molecule has 3 N–H and O–H groups in total. The molecule has 0 bridgehead atoms. The fourth-order valence-electron chi connectivity index (χ4n) is 5.43. The number of unbranched alkanes of at least 4 members (excludes halogenated alkanes) is 7. The molecule has 7 nitrogen and oxygen atoms in total. The molecule has 0 aliphatic carbocycles. The number of rotatable bonds is 24. The Morgan fingerprint density at radius 2 is 1.11 bits per heavy atom. The molecule has 1 aliphatic heterocycles. The summed E-state index contributed by atoms with van der Waals surface area (Å²) in [4.78, 5) is 12.3. The summed E-state index contributed by atoms with van der Waals surface area (Å²) in [6.45, 7) is 18.1. The molecule has 1 saturated heterocycles. The highest BCUT2D eigenvalue weighted by atomic mass is 16.7. The van der Waals surface area contributed by atoms with Crippen LogP contribution in [0.15, 0.2) is 119 Å². The van der Waals surface area contributed by atoms with E-state index >= 15 is 0 Å². The van der Waals surface area contributed by atoms with Crippen LogP contribution in [0.3, 0.4) is 0 Å². The standard InChI is InChI=1S/C47H72O7/c1-10-11-12-13-14-15-16-17-33-42(48)52-35-41-43(49)44(50)45(51)46(53-41)54-47(8,9)34-23-32-40(7)31-22-30-39(6)29-21-28-38(5)26-19-18-25-37(4)27-20-24-36(2)3/h18-32,41,43-46,49-51H,10-17,33-35H2,1-9H3/b19-18+,27-20+,28-21+,30-22+,32-23+,37-25+,38-26+,39-29+,40-31+/t41-,43-,44+,45-,46-/m1/s1. The first-order valence-corrected chi connectivity index (χ1v) is 19.9. The lowest BCUT2D eigenvalue weighted by molar-refractivity contribution is -0.323. The van der Waals surface area contributed by atoms with E-state index in [4.69, 9.17) is 14.2 Å². The summed E-state index contributed by atoms with van der Waals surface area (Å²) in [5.74, 6) is -0.369. The van der Waals surface area contributed by atoms with Crippen molar-refractivity contribution in [2.24, 2.45) is 0 Å². The molecule has 0 radical (unpaired) electrons. The SMILES string of the molecule is CCCCCCCCCCC(=O)OC[C@H]1O[C@H](OC(C)(C)C/C=C/C(C)=C/C=C/C(C)=C/C=C/C(C)=C/C=C/C=C(C)/C=C/C=C(C)C)[C@H](O)[C@@H](O)[C@@H]1O. The fraction of sp³-hybridized carbons (Fsp3) is 0.553. The highest BCUT2D eigenvalue weighted by Crippen LogP contribution is 2.28.